The van der Waals surface area contributed by atoms with Crippen LogP contribution in [0.5, 0.6) is 0 Å². The van der Waals surface area contributed by atoms with Gasteiger partial charge < -0.3 is 16.0 Å². The molecule has 0 radical (unpaired) electrons. The third-order valence-electron chi connectivity index (χ3n) is 8.55. The van der Waals surface area contributed by atoms with E-state index in [1.807, 2.05) is 18.2 Å². The van der Waals surface area contributed by atoms with Gasteiger partial charge in [0, 0.05) is 49.5 Å². The molecule has 0 saturated carbocycles. The first kappa shape index (κ1) is 26.7. The monoisotopic (exact) mass is 571 g/mol. The van der Waals surface area contributed by atoms with E-state index in [0.29, 0.717) is 43.2 Å². The van der Waals surface area contributed by atoms with Crippen LogP contribution in [-0.2, 0) is 28.0 Å². The number of amides is 2. The summed E-state index contributed by atoms with van der Waals surface area (Å²) in [6, 6.07) is 13.5. The zero-order valence-electron chi connectivity index (χ0n) is 21.7. The van der Waals surface area contributed by atoms with Crippen molar-refractivity contribution in [2.75, 3.05) is 18.4 Å². The van der Waals surface area contributed by atoms with Crippen LogP contribution in [0.3, 0.4) is 0 Å². The second kappa shape index (κ2) is 10.8. The van der Waals surface area contributed by atoms with Gasteiger partial charge in [-0.25, -0.2) is 0 Å². The summed E-state index contributed by atoms with van der Waals surface area (Å²) in [6.45, 7) is 1.81. The summed E-state index contributed by atoms with van der Waals surface area (Å²) in [4.78, 5) is 24.8. The van der Waals surface area contributed by atoms with E-state index >= 15 is 0 Å². The van der Waals surface area contributed by atoms with Crippen molar-refractivity contribution in [3.8, 4) is 0 Å². The zero-order valence-corrected chi connectivity index (χ0v) is 23.3. The van der Waals surface area contributed by atoms with Gasteiger partial charge in [0.1, 0.15) is 0 Å². The lowest BCUT2D eigenvalue weighted by atomic mass is 9.99. The molecule has 3 saturated heterocycles. The van der Waals surface area contributed by atoms with E-state index in [0.717, 1.165) is 37.8 Å². The maximum atomic E-state index is 13.7. The van der Waals surface area contributed by atoms with Crippen LogP contribution in [0.25, 0.3) is 0 Å². The highest BCUT2D eigenvalue weighted by Crippen LogP contribution is 2.39. The van der Waals surface area contributed by atoms with Crippen LogP contribution >= 0.6 is 11.6 Å². The molecule has 6 rings (SSSR count). The molecule has 3 fully saturated rings. The molecule has 11 heteroatoms. The van der Waals surface area contributed by atoms with Crippen LogP contribution in [0.2, 0.25) is 5.02 Å². The van der Waals surface area contributed by atoms with E-state index in [2.05, 4.69) is 28.1 Å². The number of nitrogens with zero attached hydrogens (tertiary/aromatic N) is 2. The van der Waals surface area contributed by atoms with Gasteiger partial charge in [-0.2, -0.15) is 17.0 Å². The highest BCUT2D eigenvalue weighted by Gasteiger charge is 2.49. The van der Waals surface area contributed by atoms with Crippen LogP contribution in [0.15, 0.2) is 42.5 Å². The van der Waals surface area contributed by atoms with Crippen molar-refractivity contribution >= 4 is 39.3 Å². The van der Waals surface area contributed by atoms with E-state index < -0.39 is 10.2 Å². The topological polar surface area (TPSA) is 111 Å². The number of carbonyl (C=O) groups is 2. The van der Waals surface area contributed by atoms with Gasteiger partial charge in [0.25, 0.3) is 16.1 Å². The number of benzene rings is 2. The molecule has 4 aliphatic heterocycles. The Hall–Kier alpha value is -2.50. The molecule has 0 aromatic heterocycles. The minimum absolute atomic E-state index is 0.114. The molecule has 3 N–H and O–H groups in total. The molecule has 3 atom stereocenters. The summed E-state index contributed by atoms with van der Waals surface area (Å²) in [7, 11) is -3.57. The normalized spacial score (nSPS) is 25.9. The third-order valence-corrected chi connectivity index (χ3v) is 11.0. The zero-order chi connectivity index (χ0) is 27.1. The van der Waals surface area contributed by atoms with Gasteiger partial charge in [-0.1, -0.05) is 41.9 Å². The number of rotatable bonds is 7. The van der Waals surface area contributed by atoms with Crippen molar-refractivity contribution in [1.82, 2.24) is 19.2 Å². The van der Waals surface area contributed by atoms with E-state index in [9.17, 15) is 18.0 Å². The SMILES string of the molecule is O=C1Cc2cc(C(=O)NC3C[C@H]4CC[C@@H](C3)N4S(=O)(=O)N3CCC(NCc4ccccc4)CC3)c(Cl)cc2N1. The van der Waals surface area contributed by atoms with E-state index in [4.69, 9.17) is 11.6 Å². The second-order valence-corrected chi connectivity index (χ2v) is 13.4. The molecular weight excluding hydrogens is 538 g/mol. The highest BCUT2D eigenvalue weighted by molar-refractivity contribution is 7.86. The van der Waals surface area contributed by atoms with Gasteiger partial charge >= 0.3 is 0 Å². The molecular formula is C28H34ClN5O4S. The Bertz CT molecular complexity index is 1350. The first-order valence-electron chi connectivity index (χ1n) is 13.8. The Balaban J connectivity index is 1.05. The van der Waals surface area contributed by atoms with Gasteiger partial charge in [0.2, 0.25) is 5.91 Å². The largest absolute Gasteiger partial charge is 0.349 e. The van der Waals surface area contributed by atoms with Gasteiger partial charge in [-0.05, 0) is 61.8 Å². The summed E-state index contributed by atoms with van der Waals surface area (Å²) in [6.07, 6.45) is 4.58. The Labute approximate surface area is 234 Å². The summed E-state index contributed by atoms with van der Waals surface area (Å²) in [5.41, 5.74) is 2.98. The van der Waals surface area contributed by atoms with Gasteiger partial charge in [-0.3, -0.25) is 9.59 Å². The van der Waals surface area contributed by atoms with Crippen LogP contribution < -0.4 is 16.0 Å². The van der Waals surface area contributed by atoms with Crippen LogP contribution in [-0.4, -0.2) is 66.1 Å². The fourth-order valence-electron chi connectivity index (χ4n) is 6.60. The molecule has 2 bridgehead atoms. The first-order chi connectivity index (χ1) is 18.8. The number of nitrogens with one attached hydrogen (secondary N) is 3. The molecule has 4 aliphatic rings. The lowest BCUT2D eigenvalue weighted by molar-refractivity contribution is -0.115. The number of hydrogen-bond acceptors (Lipinski definition) is 5. The molecule has 0 aliphatic carbocycles. The molecule has 9 nitrogen and oxygen atoms in total. The maximum Gasteiger partial charge on any atom is 0.282 e. The summed E-state index contributed by atoms with van der Waals surface area (Å²) >= 11 is 6.36. The number of hydrogen-bond donors (Lipinski definition) is 3. The fourth-order valence-corrected chi connectivity index (χ4v) is 8.92. The number of halogens is 1. The van der Waals surface area contributed by atoms with Crippen LogP contribution in [0.1, 0.15) is 60.0 Å². The minimum atomic E-state index is -3.57. The number of piperidine rings is 2. The van der Waals surface area contributed by atoms with Gasteiger partial charge in [0.15, 0.2) is 0 Å². The fraction of sp³-hybridized carbons (Fsp3) is 0.500. The predicted molar refractivity (Wildman–Crippen MR) is 150 cm³/mol. The smallest absolute Gasteiger partial charge is 0.282 e. The Morgan fingerprint density at radius 2 is 1.69 bits per heavy atom. The van der Waals surface area contributed by atoms with Crippen LogP contribution in [0, 0.1) is 0 Å². The molecule has 1 unspecified atom stereocenters. The van der Waals surface area contributed by atoms with E-state index in [1.54, 1.807) is 20.7 Å². The molecule has 4 heterocycles. The maximum absolute atomic E-state index is 13.7. The highest BCUT2D eigenvalue weighted by atomic mass is 35.5. The third kappa shape index (κ3) is 5.45. The second-order valence-electron chi connectivity index (χ2n) is 11.1. The standard InChI is InChI=1S/C28H34ClN5O4S/c29-25-16-26-19(13-27(35)32-26)12-24(25)28(36)31-21-14-22-6-7-23(15-21)34(22)39(37,38)33-10-8-20(9-11-33)30-17-18-4-2-1-3-5-18/h1-5,12,16,20-23,30H,6-11,13-15,17H2,(H,31,36)(H,32,35)/t21?,22-,23+. The Kier molecular flexibility index (Phi) is 7.41. The van der Waals surface area contributed by atoms with Crippen LogP contribution in [0.4, 0.5) is 5.69 Å². The molecule has 39 heavy (non-hydrogen) atoms. The molecule has 208 valence electrons. The predicted octanol–water partition coefficient (Wildman–Crippen LogP) is 3.06. The molecule has 0 spiro atoms. The number of fused-ring (bicyclic) bond motifs is 3. The number of anilines is 1. The van der Waals surface area contributed by atoms with Gasteiger partial charge in [0.05, 0.1) is 17.0 Å². The Morgan fingerprint density at radius 3 is 2.38 bits per heavy atom. The summed E-state index contributed by atoms with van der Waals surface area (Å²) < 4.78 is 30.8. The quantitative estimate of drug-likeness (QED) is 0.473. The molecule has 2 aromatic carbocycles. The van der Waals surface area contributed by atoms with Crippen molar-refractivity contribution in [2.45, 2.75) is 75.7 Å². The Morgan fingerprint density at radius 1 is 1.00 bits per heavy atom. The lowest BCUT2D eigenvalue weighted by Crippen LogP contribution is -2.57. The molecule has 2 amide bonds. The van der Waals surface area contributed by atoms with Gasteiger partial charge in [-0.15, -0.1) is 0 Å². The van der Waals surface area contributed by atoms with Crippen molar-refractivity contribution in [3.63, 3.8) is 0 Å². The van der Waals surface area contributed by atoms with E-state index in [1.165, 1.54) is 5.56 Å². The lowest BCUT2D eigenvalue weighted by Gasteiger charge is -2.42. The number of carbonyl (C=O) groups excluding carboxylic acids is 2. The average Bonchev–Trinajstić information content (AvgIpc) is 3.43. The minimum Gasteiger partial charge on any atom is -0.349 e. The van der Waals surface area contributed by atoms with Crippen molar-refractivity contribution in [1.29, 1.82) is 0 Å². The summed E-state index contributed by atoms with van der Waals surface area (Å²) in [5, 5.41) is 9.70. The average molecular weight is 572 g/mol. The van der Waals surface area contributed by atoms with Crippen molar-refractivity contribution < 1.29 is 18.0 Å². The van der Waals surface area contributed by atoms with Crippen molar-refractivity contribution in [3.05, 3.63) is 64.2 Å². The summed E-state index contributed by atoms with van der Waals surface area (Å²) in [5.74, 6) is -0.399. The van der Waals surface area contributed by atoms with E-state index in [-0.39, 0.29) is 41.4 Å². The van der Waals surface area contributed by atoms with Crippen molar-refractivity contribution in [2.24, 2.45) is 0 Å². The molecule has 2 aromatic rings. The first-order valence-corrected chi connectivity index (χ1v) is 15.5.